The van der Waals surface area contributed by atoms with Crippen molar-refractivity contribution < 1.29 is 23.6 Å². The van der Waals surface area contributed by atoms with Gasteiger partial charge in [-0.1, -0.05) is 48.5 Å². The summed E-state index contributed by atoms with van der Waals surface area (Å²) >= 11 is 0. The molecule has 3 N–H and O–H groups in total. The molecule has 0 saturated heterocycles. The number of hydroxylamine groups is 1. The van der Waals surface area contributed by atoms with Crippen molar-refractivity contribution in [2.24, 2.45) is 0 Å². The van der Waals surface area contributed by atoms with E-state index < -0.39 is 11.7 Å². The van der Waals surface area contributed by atoms with Gasteiger partial charge < -0.3 is 5.32 Å². The minimum absolute atomic E-state index is 0.203. The molecule has 0 unspecified atom stereocenters. The Hall–Kier alpha value is -4.10. The maximum Gasteiger partial charge on any atom is 0.267 e. The number of rotatable bonds is 7. The second kappa shape index (κ2) is 10.8. The molecule has 3 aromatic rings. The number of carbonyl (C=O) groups is 2. The Kier molecular flexibility index (Phi) is 7.61. The highest BCUT2D eigenvalue weighted by Crippen LogP contribution is 2.20. The van der Waals surface area contributed by atoms with Crippen molar-refractivity contribution >= 4 is 29.5 Å². The molecule has 5 nitrogen and oxygen atoms in total. The summed E-state index contributed by atoms with van der Waals surface area (Å²) in [5, 5.41) is 11.3. The zero-order valence-electron chi connectivity index (χ0n) is 16.9. The molecule has 7 heteroatoms. The molecular weight excluding hydrogens is 414 g/mol. The summed E-state index contributed by atoms with van der Waals surface area (Å²) in [6.45, 7) is 0.203. The second-order valence-corrected chi connectivity index (χ2v) is 6.85. The highest BCUT2D eigenvalue weighted by molar-refractivity contribution is 6.24. The standard InChI is InChI=1S/C25H20F2N2O3/c26-21-10-5-19(6-11-21)16-28-25(31)23(20-8-12-22(27)13-9-20)15-18-3-1-17(2-4-18)7-14-24(30)29-32/h1-15,32H,16H2,(H,28,31)(H,29,30)/b14-7+,23-15+. The van der Waals surface area contributed by atoms with Gasteiger partial charge in [0.15, 0.2) is 0 Å². The van der Waals surface area contributed by atoms with Gasteiger partial charge in [-0.25, -0.2) is 14.3 Å². The van der Waals surface area contributed by atoms with Gasteiger partial charge in [-0.15, -0.1) is 0 Å². The quantitative estimate of drug-likeness (QED) is 0.224. The van der Waals surface area contributed by atoms with Gasteiger partial charge in [-0.05, 0) is 58.7 Å². The highest BCUT2D eigenvalue weighted by Gasteiger charge is 2.12. The molecule has 2 amide bonds. The van der Waals surface area contributed by atoms with E-state index in [1.807, 2.05) is 0 Å². The lowest BCUT2D eigenvalue weighted by atomic mass is 10.0. The first-order chi connectivity index (χ1) is 15.4. The molecule has 0 bridgehead atoms. The molecule has 0 spiro atoms. The fraction of sp³-hybridized carbons (Fsp3) is 0.0400. The van der Waals surface area contributed by atoms with E-state index >= 15 is 0 Å². The van der Waals surface area contributed by atoms with Crippen LogP contribution >= 0.6 is 0 Å². The van der Waals surface area contributed by atoms with Crippen LogP contribution in [-0.2, 0) is 16.1 Å². The van der Waals surface area contributed by atoms with E-state index in [1.165, 1.54) is 54.0 Å². The Morgan fingerprint density at radius 2 is 1.38 bits per heavy atom. The van der Waals surface area contributed by atoms with Gasteiger partial charge >= 0.3 is 0 Å². The van der Waals surface area contributed by atoms with Crippen LogP contribution in [0.5, 0.6) is 0 Å². The molecule has 0 fully saturated rings. The minimum atomic E-state index is -0.648. The average Bonchev–Trinajstić information content (AvgIpc) is 2.82. The summed E-state index contributed by atoms with van der Waals surface area (Å²) in [5.41, 5.74) is 4.54. The lowest BCUT2D eigenvalue weighted by Gasteiger charge is -2.10. The van der Waals surface area contributed by atoms with Crippen molar-refractivity contribution in [1.82, 2.24) is 10.8 Å². The minimum Gasteiger partial charge on any atom is -0.348 e. The Balaban J connectivity index is 1.83. The highest BCUT2D eigenvalue weighted by atomic mass is 19.1. The maximum absolute atomic E-state index is 13.4. The zero-order valence-corrected chi connectivity index (χ0v) is 16.9. The van der Waals surface area contributed by atoms with Crippen LogP contribution < -0.4 is 10.8 Å². The summed E-state index contributed by atoms with van der Waals surface area (Å²) in [6.07, 6.45) is 4.37. The first-order valence-electron chi connectivity index (χ1n) is 9.67. The molecule has 0 atom stereocenters. The fourth-order valence-electron chi connectivity index (χ4n) is 2.87. The van der Waals surface area contributed by atoms with Crippen LogP contribution in [-0.4, -0.2) is 17.0 Å². The normalized spacial score (nSPS) is 11.4. The molecule has 0 radical (unpaired) electrons. The summed E-state index contributed by atoms with van der Waals surface area (Å²) < 4.78 is 26.5. The molecule has 162 valence electrons. The summed E-state index contributed by atoms with van der Waals surface area (Å²) in [4.78, 5) is 24.0. The molecule has 0 aliphatic carbocycles. The Bertz CT molecular complexity index is 1140. The van der Waals surface area contributed by atoms with Gasteiger partial charge in [0, 0.05) is 18.2 Å². The largest absolute Gasteiger partial charge is 0.348 e. The van der Waals surface area contributed by atoms with E-state index in [0.717, 1.165) is 11.1 Å². The van der Waals surface area contributed by atoms with Crippen LogP contribution in [0.2, 0.25) is 0 Å². The third kappa shape index (κ3) is 6.45. The van der Waals surface area contributed by atoms with Crippen LogP contribution in [0, 0.1) is 11.6 Å². The van der Waals surface area contributed by atoms with Gasteiger partial charge in [-0.3, -0.25) is 14.8 Å². The van der Waals surface area contributed by atoms with Crippen molar-refractivity contribution in [3.05, 3.63) is 113 Å². The Morgan fingerprint density at radius 3 is 1.97 bits per heavy atom. The van der Waals surface area contributed by atoms with E-state index in [4.69, 9.17) is 5.21 Å². The first-order valence-corrected chi connectivity index (χ1v) is 9.67. The summed E-state index contributed by atoms with van der Waals surface area (Å²) in [6, 6.07) is 18.4. The van der Waals surface area contributed by atoms with E-state index in [-0.39, 0.29) is 18.3 Å². The second-order valence-electron chi connectivity index (χ2n) is 6.85. The number of nitrogens with one attached hydrogen (secondary N) is 2. The van der Waals surface area contributed by atoms with Crippen molar-refractivity contribution in [3.8, 4) is 0 Å². The van der Waals surface area contributed by atoms with Crippen molar-refractivity contribution in [1.29, 1.82) is 0 Å². The van der Waals surface area contributed by atoms with Crippen LogP contribution in [0.25, 0.3) is 17.7 Å². The molecular formula is C25H20F2N2O3. The smallest absolute Gasteiger partial charge is 0.267 e. The van der Waals surface area contributed by atoms with Crippen LogP contribution in [0.4, 0.5) is 8.78 Å². The summed E-state index contributed by atoms with van der Waals surface area (Å²) in [5.74, 6) is -1.79. The van der Waals surface area contributed by atoms with E-state index in [9.17, 15) is 18.4 Å². The summed E-state index contributed by atoms with van der Waals surface area (Å²) in [7, 11) is 0. The maximum atomic E-state index is 13.4. The number of hydrogen-bond acceptors (Lipinski definition) is 3. The number of halogens is 2. The van der Waals surface area contributed by atoms with E-state index in [0.29, 0.717) is 16.7 Å². The SMILES string of the molecule is O=C(/C=C/c1ccc(/C=C(/C(=O)NCc2ccc(F)cc2)c2ccc(F)cc2)cc1)NO. The predicted octanol–water partition coefficient (Wildman–Crippen LogP) is 4.34. The molecule has 0 saturated carbocycles. The third-order valence-corrected chi connectivity index (χ3v) is 4.55. The first kappa shape index (κ1) is 22.6. The average molecular weight is 434 g/mol. The van der Waals surface area contributed by atoms with Crippen LogP contribution in [0.1, 0.15) is 22.3 Å². The van der Waals surface area contributed by atoms with Crippen LogP contribution in [0.15, 0.2) is 78.9 Å². The molecule has 3 aromatic carbocycles. The van der Waals surface area contributed by atoms with Gasteiger partial charge in [0.05, 0.1) is 0 Å². The van der Waals surface area contributed by atoms with Gasteiger partial charge in [0.1, 0.15) is 11.6 Å². The predicted molar refractivity (Wildman–Crippen MR) is 118 cm³/mol. The van der Waals surface area contributed by atoms with Crippen molar-refractivity contribution in [3.63, 3.8) is 0 Å². The van der Waals surface area contributed by atoms with Crippen molar-refractivity contribution in [2.75, 3.05) is 0 Å². The number of hydrogen-bond donors (Lipinski definition) is 3. The number of benzene rings is 3. The van der Waals surface area contributed by atoms with Crippen LogP contribution in [0.3, 0.4) is 0 Å². The monoisotopic (exact) mass is 434 g/mol. The van der Waals surface area contributed by atoms with Crippen molar-refractivity contribution in [2.45, 2.75) is 6.54 Å². The van der Waals surface area contributed by atoms with E-state index in [1.54, 1.807) is 42.5 Å². The number of amides is 2. The topological polar surface area (TPSA) is 78.4 Å². The van der Waals surface area contributed by atoms with Gasteiger partial charge in [0.25, 0.3) is 11.8 Å². The zero-order chi connectivity index (χ0) is 22.9. The molecule has 0 heterocycles. The molecule has 0 aliphatic rings. The third-order valence-electron chi connectivity index (χ3n) is 4.55. The lowest BCUT2D eigenvalue weighted by molar-refractivity contribution is -0.124. The lowest BCUT2D eigenvalue weighted by Crippen LogP contribution is -2.23. The number of carbonyl (C=O) groups excluding carboxylic acids is 2. The fourth-order valence-corrected chi connectivity index (χ4v) is 2.87. The molecule has 0 aliphatic heterocycles. The Labute approximate surface area is 183 Å². The van der Waals surface area contributed by atoms with Gasteiger partial charge in [0.2, 0.25) is 0 Å². The Morgan fingerprint density at radius 1 is 0.812 bits per heavy atom. The molecule has 3 rings (SSSR count). The molecule has 0 aromatic heterocycles. The van der Waals surface area contributed by atoms with E-state index in [2.05, 4.69) is 5.32 Å². The van der Waals surface area contributed by atoms with Gasteiger partial charge in [-0.2, -0.15) is 0 Å². The molecule has 32 heavy (non-hydrogen) atoms.